The summed E-state index contributed by atoms with van der Waals surface area (Å²) in [6.07, 6.45) is 4.18. The molecule has 28 heavy (non-hydrogen) atoms. The van der Waals surface area contributed by atoms with Gasteiger partial charge in [-0.3, -0.25) is 14.7 Å². The van der Waals surface area contributed by atoms with Crippen LogP contribution in [0.5, 0.6) is 0 Å². The molecule has 0 spiro atoms. The summed E-state index contributed by atoms with van der Waals surface area (Å²) in [7, 11) is 0. The van der Waals surface area contributed by atoms with Gasteiger partial charge in [0.25, 0.3) is 0 Å². The summed E-state index contributed by atoms with van der Waals surface area (Å²) in [5, 5.41) is 3.18. The molecule has 2 atom stereocenters. The van der Waals surface area contributed by atoms with E-state index in [-0.39, 0.29) is 17.9 Å². The van der Waals surface area contributed by atoms with Crippen molar-refractivity contribution >= 4 is 5.91 Å². The van der Waals surface area contributed by atoms with E-state index in [2.05, 4.69) is 47.2 Å². The molecule has 0 saturated carbocycles. The predicted molar refractivity (Wildman–Crippen MR) is 111 cm³/mol. The first-order valence-electron chi connectivity index (χ1n) is 10.2. The van der Waals surface area contributed by atoms with Gasteiger partial charge in [0, 0.05) is 38.4 Å². The van der Waals surface area contributed by atoms with Crippen molar-refractivity contribution in [1.82, 2.24) is 15.2 Å². The topological polar surface area (TPSA) is 54.5 Å². The van der Waals surface area contributed by atoms with Crippen LogP contribution in [0, 0.1) is 5.92 Å². The number of carbonyl (C=O) groups excluding carboxylic acids is 1. The van der Waals surface area contributed by atoms with Crippen molar-refractivity contribution in [3.05, 3.63) is 66.0 Å². The molecule has 1 saturated heterocycles. The normalized spacial score (nSPS) is 17.2. The molecule has 1 aliphatic rings. The van der Waals surface area contributed by atoms with Crippen molar-refractivity contribution in [3.8, 4) is 0 Å². The maximum Gasteiger partial charge on any atom is 0.220 e. The Kier molecular flexibility index (Phi) is 7.57. The van der Waals surface area contributed by atoms with Crippen LogP contribution in [0.1, 0.15) is 43.4 Å². The molecule has 2 aromatic rings. The zero-order chi connectivity index (χ0) is 19.8. The minimum Gasteiger partial charge on any atom is -0.379 e. The third-order valence-corrected chi connectivity index (χ3v) is 5.49. The molecule has 1 fully saturated rings. The van der Waals surface area contributed by atoms with Gasteiger partial charge in [0.05, 0.1) is 19.3 Å². The predicted octanol–water partition coefficient (Wildman–Crippen LogP) is 3.40. The number of hydrogen-bond donors (Lipinski definition) is 1. The molecule has 150 valence electrons. The molecule has 1 aliphatic heterocycles. The van der Waals surface area contributed by atoms with E-state index in [4.69, 9.17) is 4.74 Å². The minimum atomic E-state index is 0.102. The van der Waals surface area contributed by atoms with E-state index >= 15 is 0 Å². The highest BCUT2D eigenvalue weighted by Crippen LogP contribution is 2.28. The fourth-order valence-corrected chi connectivity index (χ4v) is 3.84. The Morgan fingerprint density at radius 3 is 2.46 bits per heavy atom. The molecule has 0 radical (unpaired) electrons. The number of aromatic nitrogens is 1. The molecule has 1 amide bonds. The quantitative estimate of drug-likeness (QED) is 0.761. The molecule has 2 unspecified atom stereocenters. The van der Waals surface area contributed by atoms with Gasteiger partial charge in [0.15, 0.2) is 0 Å². The van der Waals surface area contributed by atoms with Gasteiger partial charge >= 0.3 is 0 Å². The number of benzene rings is 1. The summed E-state index contributed by atoms with van der Waals surface area (Å²) in [6.45, 7) is 8.14. The maximum atomic E-state index is 12.8. The van der Waals surface area contributed by atoms with Crippen molar-refractivity contribution < 1.29 is 9.53 Å². The van der Waals surface area contributed by atoms with Gasteiger partial charge in [-0.25, -0.2) is 0 Å². The summed E-state index contributed by atoms with van der Waals surface area (Å²) in [6, 6.07) is 14.5. The van der Waals surface area contributed by atoms with E-state index < -0.39 is 0 Å². The molecule has 2 heterocycles. The molecule has 0 bridgehead atoms. The number of morpholine rings is 1. The van der Waals surface area contributed by atoms with Crippen LogP contribution in [0.25, 0.3) is 0 Å². The Morgan fingerprint density at radius 1 is 1.11 bits per heavy atom. The van der Waals surface area contributed by atoms with Gasteiger partial charge in [-0.2, -0.15) is 0 Å². The van der Waals surface area contributed by atoms with Gasteiger partial charge < -0.3 is 10.1 Å². The van der Waals surface area contributed by atoms with Crippen LogP contribution in [-0.4, -0.2) is 48.6 Å². The Balaban J connectivity index is 1.64. The molecular formula is C23H31N3O2. The Morgan fingerprint density at radius 2 is 1.82 bits per heavy atom. The van der Waals surface area contributed by atoms with Gasteiger partial charge in [-0.05, 0) is 29.0 Å². The fourth-order valence-electron chi connectivity index (χ4n) is 3.84. The van der Waals surface area contributed by atoms with Crippen LogP contribution in [-0.2, 0) is 9.53 Å². The van der Waals surface area contributed by atoms with Crippen molar-refractivity contribution in [2.45, 2.75) is 32.2 Å². The third-order valence-electron chi connectivity index (χ3n) is 5.49. The summed E-state index contributed by atoms with van der Waals surface area (Å²) in [5.74, 6) is 0.729. The standard InChI is InChI=1S/C23H31N3O2/c1-18(2)21(19-7-4-3-5-8-19)15-23(27)25-17-22(20-9-6-10-24-16-20)26-11-13-28-14-12-26/h3-10,16,18,21-22H,11-15,17H2,1-2H3,(H,25,27). The van der Waals surface area contributed by atoms with Crippen molar-refractivity contribution in [2.75, 3.05) is 32.8 Å². The van der Waals surface area contributed by atoms with Crippen molar-refractivity contribution in [2.24, 2.45) is 5.92 Å². The number of nitrogens with one attached hydrogen (secondary N) is 1. The highest BCUT2D eigenvalue weighted by molar-refractivity contribution is 5.77. The lowest BCUT2D eigenvalue weighted by atomic mass is 9.85. The first-order valence-corrected chi connectivity index (χ1v) is 10.2. The van der Waals surface area contributed by atoms with Crippen LogP contribution in [0.2, 0.25) is 0 Å². The Labute approximate surface area is 168 Å². The van der Waals surface area contributed by atoms with Crippen LogP contribution < -0.4 is 5.32 Å². The summed E-state index contributed by atoms with van der Waals surface area (Å²) >= 11 is 0. The zero-order valence-corrected chi connectivity index (χ0v) is 16.9. The minimum absolute atomic E-state index is 0.102. The first kappa shape index (κ1) is 20.5. The lowest BCUT2D eigenvalue weighted by Gasteiger charge is -2.34. The van der Waals surface area contributed by atoms with E-state index in [9.17, 15) is 4.79 Å². The average Bonchev–Trinajstić information content (AvgIpc) is 2.74. The molecular weight excluding hydrogens is 350 g/mol. The smallest absolute Gasteiger partial charge is 0.220 e. The van der Waals surface area contributed by atoms with E-state index in [0.717, 1.165) is 31.9 Å². The monoisotopic (exact) mass is 381 g/mol. The summed E-state index contributed by atoms with van der Waals surface area (Å²) in [5.41, 5.74) is 2.36. The maximum absolute atomic E-state index is 12.8. The van der Waals surface area contributed by atoms with Crippen LogP contribution in [0.4, 0.5) is 0 Å². The highest BCUT2D eigenvalue weighted by atomic mass is 16.5. The second kappa shape index (κ2) is 10.3. The molecule has 1 N–H and O–H groups in total. The number of ether oxygens (including phenoxy) is 1. The molecule has 5 nitrogen and oxygen atoms in total. The summed E-state index contributed by atoms with van der Waals surface area (Å²) in [4.78, 5) is 19.4. The molecule has 5 heteroatoms. The number of hydrogen-bond acceptors (Lipinski definition) is 4. The zero-order valence-electron chi connectivity index (χ0n) is 16.9. The average molecular weight is 382 g/mol. The third kappa shape index (κ3) is 5.63. The number of nitrogens with zero attached hydrogens (tertiary/aromatic N) is 2. The van der Waals surface area contributed by atoms with Gasteiger partial charge in [0.1, 0.15) is 0 Å². The fraction of sp³-hybridized carbons (Fsp3) is 0.478. The van der Waals surface area contributed by atoms with Crippen LogP contribution in [0.15, 0.2) is 54.9 Å². The SMILES string of the molecule is CC(C)C(CC(=O)NCC(c1cccnc1)N1CCOCC1)c1ccccc1. The van der Waals surface area contributed by atoms with E-state index in [1.54, 1.807) is 6.20 Å². The number of rotatable bonds is 8. The molecule has 1 aromatic heterocycles. The Bertz CT molecular complexity index is 715. The second-order valence-corrected chi connectivity index (χ2v) is 7.72. The van der Waals surface area contributed by atoms with Gasteiger partial charge in [-0.15, -0.1) is 0 Å². The number of carbonyl (C=O) groups is 1. The first-order chi connectivity index (χ1) is 13.6. The van der Waals surface area contributed by atoms with Gasteiger partial charge in [0.2, 0.25) is 5.91 Å². The molecule has 3 rings (SSSR count). The molecule has 1 aromatic carbocycles. The van der Waals surface area contributed by atoms with E-state index in [1.807, 2.05) is 30.5 Å². The van der Waals surface area contributed by atoms with Crippen LogP contribution in [0.3, 0.4) is 0 Å². The number of amides is 1. The Hall–Kier alpha value is -2.24. The van der Waals surface area contributed by atoms with Crippen LogP contribution >= 0.6 is 0 Å². The second-order valence-electron chi connectivity index (χ2n) is 7.72. The van der Waals surface area contributed by atoms with E-state index in [0.29, 0.717) is 18.9 Å². The summed E-state index contributed by atoms with van der Waals surface area (Å²) < 4.78 is 5.49. The van der Waals surface area contributed by atoms with E-state index in [1.165, 1.54) is 5.56 Å². The lowest BCUT2D eigenvalue weighted by Crippen LogP contribution is -2.44. The van der Waals surface area contributed by atoms with Gasteiger partial charge in [-0.1, -0.05) is 50.2 Å². The lowest BCUT2D eigenvalue weighted by molar-refractivity contribution is -0.122. The number of pyridine rings is 1. The molecule has 0 aliphatic carbocycles. The largest absolute Gasteiger partial charge is 0.379 e. The highest BCUT2D eigenvalue weighted by Gasteiger charge is 2.25. The van der Waals surface area contributed by atoms with Crippen molar-refractivity contribution in [3.63, 3.8) is 0 Å². The van der Waals surface area contributed by atoms with Crippen molar-refractivity contribution in [1.29, 1.82) is 0 Å².